The number of nitrogens with one attached hydrogen (secondary N) is 1. The van der Waals surface area contributed by atoms with Gasteiger partial charge in [-0.05, 0) is 36.8 Å². The van der Waals surface area contributed by atoms with E-state index in [-0.39, 0.29) is 0 Å². The van der Waals surface area contributed by atoms with Gasteiger partial charge in [-0.15, -0.1) is 11.3 Å². The second-order valence-corrected chi connectivity index (χ2v) is 9.80. The summed E-state index contributed by atoms with van der Waals surface area (Å²) in [4.78, 5) is 17.2. The molecule has 0 bridgehead atoms. The molecule has 0 radical (unpaired) electrons. The number of aromatic nitrogens is 3. The molecule has 0 amide bonds. The van der Waals surface area contributed by atoms with Gasteiger partial charge in [0, 0.05) is 16.8 Å². The fourth-order valence-corrected chi connectivity index (χ4v) is 6.80. The molecule has 3 aromatic rings. The first-order valence-corrected chi connectivity index (χ1v) is 12.3. The fourth-order valence-electron chi connectivity index (χ4n) is 4.50. The molecule has 3 aromatic heterocycles. The van der Waals surface area contributed by atoms with Gasteiger partial charge in [-0.2, -0.15) is 0 Å². The lowest BCUT2D eigenvalue weighted by atomic mass is 10.0. The summed E-state index contributed by atoms with van der Waals surface area (Å²) in [6.07, 6.45) is 7.59. The van der Waals surface area contributed by atoms with Crippen molar-refractivity contribution in [1.29, 1.82) is 0 Å². The molecule has 148 valence electrons. The van der Waals surface area contributed by atoms with Crippen LogP contribution in [0.2, 0.25) is 0 Å². The minimum absolute atomic E-state index is 0.894. The molecular weight excluding hydrogens is 388 g/mol. The van der Waals surface area contributed by atoms with E-state index in [1.165, 1.54) is 57.5 Å². The number of fused-ring (bicyclic) bond motifs is 5. The average molecular weight is 416 g/mol. The van der Waals surface area contributed by atoms with Crippen molar-refractivity contribution in [3.05, 3.63) is 23.1 Å². The lowest BCUT2D eigenvalue weighted by Gasteiger charge is -2.23. The normalized spacial score (nSPS) is 17.6. The number of pyridine rings is 1. The van der Waals surface area contributed by atoms with Crippen molar-refractivity contribution in [3.8, 4) is 0 Å². The van der Waals surface area contributed by atoms with Crippen molar-refractivity contribution >= 4 is 43.5 Å². The van der Waals surface area contributed by atoms with Crippen molar-refractivity contribution in [1.82, 2.24) is 15.0 Å². The Morgan fingerprint density at radius 1 is 1.18 bits per heavy atom. The summed E-state index contributed by atoms with van der Waals surface area (Å²) in [5.74, 6) is 1.09. The van der Waals surface area contributed by atoms with Gasteiger partial charge in [-0.1, -0.05) is 25.1 Å². The quantitative estimate of drug-likeness (QED) is 0.496. The molecule has 7 heteroatoms. The van der Waals surface area contributed by atoms with Crippen LogP contribution in [0.3, 0.4) is 0 Å². The highest BCUT2D eigenvalue weighted by Crippen LogP contribution is 2.41. The van der Waals surface area contributed by atoms with Crippen molar-refractivity contribution in [2.75, 3.05) is 38.6 Å². The Balaban J connectivity index is 1.48. The summed E-state index contributed by atoms with van der Waals surface area (Å²) in [6, 6.07) is 0. The molecule has 0 unspecified atom stereocenters. The van der Waals surface area contributed by atoms with Gasteiger partial charge >= 0.3 is 0 Å². The van der Waals surface area contributed by atoms with E-state index in [2.05, 4.69) is 11.9 Å². The van der Waals surface area contributed by atoms with Crippen molar-refractivity contribution in [2.24, 2.45) is 0 Å². The van der Waals surface area contributed by atoms with Crippen LogP contribution in [0.25, 0.3) is 20.4 Å². The minimum Gasteiger partial charge on any atom is -0.370 e. The van der Waals surface area contributed by atoms with E-state index >= 15 is 0 Å². The Morgan fingerprint density at radius 3 is 2.89 bits per heavy atom. The third-order valence-corrected chi connectivity index (χ3v) is 8.11. The summed E-state index contributed by atoms with van der Waals surface area (Å²) in [5, 5.41) is 2.44. The molecule has 28 heavy (non-hydrogen) atoms. The highest BCUT2D eigenvalue weighted by Gasteiger charge is 2.24. The monoisotopic (exact) mass is 415 g/mol. The third kappa shape index (κ3) is 3.43. The number of quaternary nitrogens is 1. The van der Waals surface area contributed by atoms with E-state index in [1.807, 2.05) is 11.8 Å². The third-order valence-electron chi connectivity index (χ3n) is 5.91. The van der Waals surface area contributed by atoms with Crippen LogP contribution in [-0.4, -0.2) is 53.6 Å². The number of ether oxygens (including phenoxy) is 1. The van der Waals surface area contributed by atoms with Crippen molar-refractivity contribution < 1.29 is 9.64 Å². The zero-order valence-electron chi connectivity index (χ0n) is 16.4. The standard InChI is InChI=1S/C21H26N4OS2/c1-2-4-16-14-5-3-6-15(14)17-18-19(28-20(17)24-16)21(23-13-22-18)27-12-9-25-7-10-26-11-8-25/h13H,2-12H2,1H3/p+1. The first-order chi connectivity index (χ1) is 13.8. The molecule has 1 saturated heterocycles. The first-order valence-electron chi connectivity index (χ1n) is 10.5. The zero-order valence-corrected chi connectivity index (χ0v) is 18.1. The summed E-state index contributed by atoms with van der Waals surface area (Å²) in [6.45, 7) is 7.45. The lowest BCUT2D eigenvalue weighted by molar-refractivity contribution is -0.905. The molecule has 2 aliphatic rings. The number of rotatable bonds is 6. The molecule has 0 atom stereocenters. The number of morpholine rings is 1. The van der Waals surface area contributed by atoms with Gasteiger partial charge in [0.1, 0.15) is 29.3 Å². The molecule has 1 aliphatic carbocycles. The maximum Gasteiger partial charge on any atom is 0.126 e. The van der Waals surface area contributed by atoms with Gasteiger partial charge in [-0.25, -0.2) is 15.0 Å². The molecule has 1 N–H and O–H groups in total. The van der Waals surface area contributed by atoms with E-state index < -0.39 is 0 Å². The molecular formula is C21H27N4OS2+. The van der Waals surface area contributed by atoms with Crippen LogP contribution in [0.1, 0.15) is 36.6 Å². The zero-order chi connectivity index (χ0) is 18.9. The molecule has 0 aromatic carbocycles. The summed E-state index contributed by atoms with van der Waals surface area (Å²) >= 11 is 3.67. The van der Waals surface area contributed by atoms with Crippen LogP contribution in [0.4, 0.5) is 0 Å². The SMILES string of the molecule is CCCc1nc2sc3c(SCC[NH+]4CCOCC4)ncnc3c2c2c1CCC2. The first kappa shape index (κ1) is 18.7. The topological polar surface area (TPSA) is 52.3 Å². The maximum atomic E-state index is 5.47. The molecule has 0 saturated carbocycles. The molecule has 1 fully saturated rings. The Labute approximate surface area is 173 Å². The fraction of sp³-hybridized carbons (Fsp3) is 0.571. The number of thioether (sulfide) groups is 1. The number of hydrogen-bond acceptors (Lipinski definition) is 6. The number of hydrogen-bond donors (Lipinski definition) is 1. The van der Waals surface area contributed by atoms with Gasteiger partial charge in [-0.3, -0.25) is 0 Å². The van der Waals surface area contributed by atoms with Crippen LogP contribution in [0.15, 0.2) is 11.4 Å². The van der Waals surface area contributed by atoms with Gasteiger partial charge in [0.15, 0.2) is 0 Å². The van der Waals surface area contributed by atoms with Crippen molar-refractivity contribution in [3.63, 3.8) is 0 Å². The summed E-state index contributed by atoms with van der Waals surface area (Å²) in [5.41, 5.74) is 5.49. The van der Waals surface area contributed by atoms with Gasteiger partial charge in [0.25, 0.3) is 0 Å². The van der Waals surface area contributed by atoms with E-state index in [1.54, 1.807) is 22.6 Å². The van der Waals surface area contributed by atoms with E-state index in [4.69, 9.17) is 14.7 Å². The molecule has 5 rings (SSSR count). The van der Waals surface area contributed by atoms with Gasteiger partial charge in [0.05, 0.1) is 30.0 Å². The lowest BCUT2D eigenvalue weighted by Crippen LogP contribution is -3.14. The molecule has 0 spiro atoms. The molecule has 5 nitrogen and oxygen atoms in total. The predicted molar refractivity (Wildman–Crippen MR) is 116 cm³/mol. The van der Waals surface area contributed by atoms with Crippen LogP contribution in [-0.2, 0) is 24.0 Å². The summed E-state index contributed by atoms with van der Waals surface area (Å²) in [7, 11) is 0. The second kappa shape index (κ2) is 8.22. The van der Waals surface area contributed by atoms with Gasteiger partial charge < -0.3 is 9.64 Å². The Morgan fingerprint density at radius 2 is 2.04 bits per heavy atom. The average Bonchev–Trinajstić information content (AvgIpc) is 3.34. The largest absolute Gasteiger partial charge is 0.370 e. The minimum atomic E-state index is 0.894. The van der Waals surface area contributed by atoms with E-state index in [9.17, 15) is 0 Å². The number of thiophene rings is 1. The Kier molecular flexibility index (Phi) is 5.50. The van der Waals surface area contributed by atoms with Gasteiger partial charge in [0.2, 0.25) is 0 Å². The number of aryl methyl sites for hydroxylation is 2. The summed E-state index contributed by atoms with van der Waals surface area (Å²) < 4.78 is 6.70. The highest BCUT2D eigenvalue weighted by atomic mass is 32.2. The van der Waals surface area contributed by atoms with Crippen LogP contribution < -0.4 is 4.90 Å². The predicted octanol–water partition coefficient (Wildman–Crippen LogP) is 2.69. The Bertz CT molecular complexity index is 997. The molecule has 1 aliphatic heterocycles. The van der Waals surface area contributed by atoms with E-state index in [0.29, 0.717) is 0 Å². The Hall–Kier alpha value is -1.28. The number of nitrogens with zero attached hydrogens (tertiary/aromatic N) is 3. The van der Waals surface area contributed by atoms with E-state index in [0.717, 1.165) is 55.4 Å². The van der Waals surface area contributed by atoms with Crippen LogP contribution in [0, 0.1) is 0 Å². The molecule has 4 heterocycles. The maximum absolute atomic E-state index is 5.47. The van der Waals surface area contributed by atoms with Crippen LogP contribution in [0.5, 0.6) is 0 Å². The smallest absolute Gasteiger partial charge is 0.126 e. The second-order valence-electron chi connectivity index (χ2n) is 7.72. The van der Waals surface area contributed by atoms with Crippen molar-refractivity contribution in [2.45, 2.75) is 44.1 Å². The highest BCUT2D eigenvalue weighted by molar-refractivity contribution is 7.99. The van der Waals surface area contributed by atoms with Crippen LogP contribution >= 0.6 is 23.1 Å².